The number of nitrogens with one attached hydrogen (secondary N) is 1. The maximum Gasteiger partial charge on any atom is 0.264 e. The maximum absolute atomic E-state index is 13.0. The van der Waals surface area contributed by atoms with Crippen molar-refractivity contribution >= 4 is 21.6 Å². The second kappa shape index (κ2) is 7.00. The number of rotatable bonds is 4. The van der Waals surface area contributed by atoms with E-state index in [4.69, 9.17) is 0 Å². The number of carbonyl (C=O) groups is 1. The van der Waals surface area contributed by atoms with Crippen molar-refractivity contribution in [1.82, 2.24) is 5.32 Å². The second-order valence-electron chi connectivity index (χ2n) is 8.23. The maximum atomic E-state index is 13.0. The number of carbonyl (C=O) groups excluding carboxylic acids is 1. The topological polar surface area (TPSA) is 66.5 Å². The zero-order valence-electron chi connectivity index (χ0n) is 16.2. The third-order valence-corrected chi connectivity index (χ3v) is 6.41. The largest absolute Gasteiger partial charge is 0.352 e. The van der Waals surface area contributed by atoms with Gasteiger partial charge < -0.3 is 5.32 Å². The first-order valence-electron chi connectivity index (χ1n) is 9.08. The molecule has 2 aromatic rings. The molecule has 0 fully saturated rings. The number of amides is 1. The highest BCUT2D eigenvalue weighted by molar-refractivity contribution is 7.92. The van der Waals surface area contributed by atoms with Gasteiger partial charge in [0.1, 0.15) is 0 Å². The molecule has 27 heavy (non-hydrogen) atoms. The van der Waals surface area contributed by atoms with Crippen molar-refractivity contribution in [3.8, 4) is 0 Å². The minimum atomic E-state index is -3.60. The summed E-state index contributed by atoms with van der Waals surface area (Å²) in [5, 5.41) is 2.93. The number of benzene rings is 2. The predicted octanol–water partition coefficient (Wildman–Crippen LogP) is 3.52. The van der Waals surface area contributed by atoms with Crippen LogP contribution in [-0.2, 0) is 16.4 Å². The van der Waals surface area contributed by atoms with Crippen LogP contribution in [0, 0.1) is 12.3 Å². The molecule has 0 aliphatic carbocycles. The molecule has 0 unspecified atom stereocenters. The Morgan fingerprint density at radius 3 is 2.41 bits per heavy atom. The van der Waals surface area contributed by atoms with Crippen molar-refractivity contribution in [1.29, 1.82) is 0 Å². The van der Waals surface area contributed by atoms with E-state index in [0.717, 1.165) is 11.1 Å². The number of sulfonamides is 1. The third kappa shape index (κ3) is 4.16. The molecule has 0 spiro atoms. The van der Waals surface area contributed by atoms with E-state index in [-0.39, 0.29) is 16.2 Å². The molecule has 0 saturated heterocycles. The Hall–Kier alpha value is -2.34. The highest BCUT2D eigenvalue weighted by Crippen LogP contribution is 2.33. The lowest BCUT2D eigenvalue weighted by Crippen LogP contribution is -2.32. The molecule has 144 valence electrons. The molecule has 1 aliphatic rings. The molecule has 1 aliphatic heterocycles. The van der Waals surface area contributed by atoms with Crippen LogP contribution >= 0.6 is 0 Å². The SMILES string of the molecule is Cc1ccc(S(=O)(=O)N2CCc3cc(C(=O)NCC(C)(C)C)ccc32)cc1. The van der Waals surface area contributed by atoms with Gasteiger partial charge in [-0.1, -0.05) is 38.5 Å². The number of hydrogen-bond acceptors (Lipinski definition) is 3. The van der Waals surface area contributed by atoms with Crippen molar-refractivity contribution < 1.29 is 13.2 Å². The van der Waals surface area contributed by atoms with Crippen LogP contribution in [0.4, 0.5) is 5.69 Å². The smallest absolute Gasteiger partial charge is 0.264 e. The molecule has 0 aromatic heterocycles. The lowest BCUT2D eigenvalue weighted by Gasteiger charge is -2.20. The number of anilines is 1. The summed E-state index contributed by atoms with van der Waals surface area (Å²) in [6.07, 6.45) is 0.598. The van der Waals surface area contributed by atoms with Crippen LogP contribution < -0.4 is 9.62 Å². The van der Waals surface area contributed by atoms with Crippen molar-refractivity contribution in [2.45, 2.75) is 39.0 Å². The lowest BCUT2D eigenvalue weighted by atomic mass is 9.97. The molecular weight excluding hydrogens is 360 g/mol. The van der Waals surface area contributed by atoms with Crippen LogP contribution in [0.5, 0.6) is 0 Å². The van der Waals surface area contributed by atoms with Gasteiger partial charge in [0.05, 0.1) is 10.6 Å². The highest BCUT2D eigenvalue weighted by atomic mass is 32.2. The number of hydrogen-bond donors (Lipinski definition) is 1. The number of nitrogens with zero attached hydrogens (tertiary/aromatic N) is 1. The Bertz CT molecular complexity index is 958. The molecular formula is C21H26N2O3S. The Morgan fingerprint density at radius 2 is 1.78 bits per heavy atom. The summed E-state index contributed by atoms with van der Waals surface area (Å²) in [6.45, 7) is 9.07. The summed E-state index contributed by atoms with van der Waals surface area (Å²) in [7, 11) is -3.60. The van der Waals surface area contributed by atoms with E-state index < -0.39 is 10.0 Å². The Morgan fingerprint density at radius 1 is 1.11 bits per heavy atom. The van der Waals surface area contributed by atoms with E-state index in [1.54, 1.807) is 42.5 Å². The molecule has 0 saturated carbocycles. The minimum Gasteiger partial charge on any atom is -0.352 e. The zero-order valence-corrected chi connectivity index (χ0v) is 17.1. The van der Waals surface area contributed by atoms with E-state index in [1.165, 1.54) is 4.31 Å². The van der Waals surface area contributed by atoms with Gasteiger partial charge >= 0.3 is 0 Å². The molecule has 5 nitrogen and oxygen atoms in total. The molecule has 1 heterocycles. The summed E-state index contributed by atoms with van der Waals surface area (Å²) >= 11 is 0. The number of fused-ring (bicyclic) bond motifs is 1. The zero-order chi connectivity index (χ0) is 19.8. The summed E-state index contributed by atoms with van der Waals surface area (Å²) in [4.78, 5) is 12.7. The predicted molar refractivity (Wildman–Crippen MR) is 108 cm³/mol. The summed E-state index contributed by atoms with van der Waals surface area (Å²) in [5.74, 6) is -0.132. The van der Waals surface area contributed by atoms with Gasteiger partial charge in [-0.15, -0.1) is 0 Å². The first-order chi connectivity index (χ1) is 12.6. The molecule has 3 rings (SSSR count). The van der Waals surface area contributed by atoms with Gasteiger partial charge in [-0.25, -0.2) is 8.42 Å². The van der Waals surface area contributed by atoms with Crippen molar-refractivity contribution in [2.75, 3.05) is 17.4 Å². The third-order valence-electron chi connectivity index (χ3n) is 4.58. The first-order valence-corrected chi connectivity index (χ1v) is 10.5. The van der Waals surface area contributed by atoms with Gasteiger partial charge in [0, 0.05) is 18.7 Å². The van der Waals surface area contributed by atoms with Crippen LogP contribution in [0.15, 0.2) is 47.4 Å². The van der Waals surface area contributed by atoms with Gasteiger partial charge in [0.25, 0.3) is 15.9 Å². The van der Waals surface area contributed by atoms with Gasteiger partial charge in [0.2, 0.25) is 0 Å². The molecule has 0 bridgehead atoms. The highest BCUT2D eigenvalue weighted by Gasteiger charge is 2.31. The van der Waals surface area contributed by atoms with Crippen molar-refractivity contribution in [3.05, 3.63) is 59.2 Å². The molecule has 0 atom stereocenters. The van der Waals surface area contributed by atoms with Gasteiger partial charge in [0.15, 0.2) is 0 Å². The Labute approximate surface area is 161 Å². The van der Waals surface area contributed by atoms with E-state index in [0.29, 0.717) is 30.8 Å². The molecule has 1 N–H and O–H groups in total. The summed E-state index contributed by atoms with van der Waals surface area (Å²) in [5.41, 5.74) is 3.12. The molecule has 0 radical (unpaired) electrons. The fourth-order valence-corrected chi connectivity index (χ4v) is 4.55. The van der Waals surface area contributed by atoms with Crippen LogP contribution in [0.3, 0.4) is 0 Å². The van der Waals surface area contributed by atoms with Gasteiger partial charge in [-0.3, -0.25) is 9.10 Å². The quantitative estimate of drug-likeness (QED) is 0.874. The van der Waals surface area contributed by atoms with Crippen molar-refractivity contribution in [2.24, 2.45) is 5.41 Å². The van der Waals surface area contributed by atoms with Crippen LogP contribution in [-0.4, -0.2) is 27.4 Å². The minimum absolute atomic E-state index is 0.00526. The first kappa shape index (κ1) is 19.4. The summed E-state index contributed by atoms with van der Waals surface area (Å²) in [6, 6.07) is 12.1. The van der Waals surface area contributed by atoms with Crippen LogP contribution in [0.2, 0.25) is 0 Å². The average Bonchev–Trinajstić information content (AvgIpc) is 3.03. The Kier molecular flexibility index (Phi) is 5.04. The standard InChI is InChI=1S/C21H26N2O3S/c1-15-5-8-18(9-6-15)27(25,26)23-12-11-16-13-17(7-10-19(16)23)20(24)22-14-21(2,3)4/h5-10,13H,11-12,14H2,1-4H3,(H,22,24). The monoisotopic (exact) mass is 386 g/mol. The molecule has 1 amide bonds. The molecule has 6 heteroatoms. The van der Waals surface area contributed by atoms with E-state index in [2.05, 4.69) is 26.1 Å². The number of aryl methyl sites for hydroxylation is 1. The second-order valence-corrected chi connectivity index (χ2v) is 10.1. The van der Waals surface area contributed by atoms with E-state index in [9.17, 15) is 13.2 Å². The van der Waals surface area contributed by atoms with Crippen molar-refractivity contribution in [3.63, 3.8) is 0 Å². The fraction of sp³-hybridized carbons (Fsp3) is 0.381. The van der Waals surface area contributed by atoms with E-state index >= 15 is 0 Å². The molecule has 2 aromatic carbocycles. The van der Waals surface area contributed by atoms with Gasteiger partial charge in [-0.2, -0.15) is 0 Å². The van der Waals surface area contributed by atoms with E-state index in [1.807, 2.05) is 6.92 Å². The lowest BCUT2D eigenvalue weighted by molar-refractivity contribution is 0.0939. The van der Waals surface area contributed by atoms with Crippen LogP contribution in [0.1, 0.15) is 42.3 Å². The fourth-order valence-electron chi connectivity index (χ4n) is 3.05. The van der Waals surface area contributed by atoms with Gasteiger partial charge in [-0.05, 0) is 54.7 Å². The summed E-state index contributed by atoms with van der Waals surface area (Å²) < 4.78 is 27.4. The Balaban J connectivity index is 1.84. The average molecular weight is 387 g/mol. The normalized spacial score (nSPS) is 14.1. The van der Waals surface area contributed by atoms with Crippen LogP contribution in [0.25, 0.3) is 0 Å².